The van der Waals surface area contributed by atoms with Crippen LogP contribution in [0.4, 0.5) is 0 Å². The van der Waals surface area contributed by atoms with Gasteiger partial charge in [0.1, 0.15) is 0 Å². The van der Waals surface area contributed by atoms with E-state index in [1.54, 1.807) is 11.8 Å². The van der Waals surface area contributed by atoms with Gasteiger partial charge in [-0.2, -0.15) is 0 Å². The molecule has 2 rings (SSSR count). The molecule has 3 atom stereocenters. The Kier molecular flexibility index (Phi) is 2.34. The summed E-state index contributed by atoms with van der Waals surface area (Å²) in [6, 6.07) is 0.190. The highest BCUT2D eigenvalue weighted by Gasteiger charge is 2.46. The molecule has 1 unspecified atom stereocenters. The summed E-state index contributed by atoms with van der Waals surface area (Å²) in [5.74, 6) is 0.688. The molecule has 76 valence electrons. The molecule has 4 nitrogen and oxygen atoms in total. The quantitative estimate of drug-likeness (QED) is 0.535. The van der Waals surface area contributed by atoms with Crippen LogP contribution in [0.2, 0.25) is 0 Å². The van der Waals surface area contributed by atoms with E-state index in [1.165, 1.54) is 4.90 Å². The minimum absolute atomic E-state index is 0.190. The molecule has 0 aromatic heterocycles. The first-order chi connectivity index (χ1) is 5.98. The lowest BCUT2D eigenvalue weighted by atomic mass is 10.3. The second-order valence-corrected chi connectivity index (χ2v) is 7.48. The zero-order valence-electron chi connectivity index (χ0n) is 7.78. The van der Waals surface area contributed by atoms with Gasteiger partial charge in [-0.05, 0) is 0 Å². The molecule has 0 bridgehead atoms. The summed E-state index contributed by atoms with van der Waals surface area (Å²) < 4.78 is 22.5. The van der Waals surface area contributed by atoms with Crippen LogP contribution >= 0.6 is 11.8 Å². The number of quaternary nitrogens is 1. The normalized spacial score (nSPS) is 42.5. The Labute approximate surface area is 83.0 Å². The number of rotatable bonds is 1. The number of thioether (sulfide) groups is 1. The second kappa shape index (κ2) is 3.12. The molecule has 0 saturated carbocycles. The molecular weight excluding hydrogens is 208 g/mol. The highest BCUT2D eigenvalue weighted by Crippen LogP contribution is 2.31. The van der Waals surface area contributed by atoms with Crippen molar-refractivity contribution in [2.24, 2.45) is 0 Å². The SMILES string of the molecule is C[NH+](C)C1N[C@H]2CS(=O)(=O)C[C@H]2S1. The van der Waals surface area contributed by atoms with Gasteiger partial charge in [0.15, 0.2) is 15.3 Å². The average Bonchev–Trinajstić information content (AvgIpc) is 2.39. The van der Waals surface area contributed by atoms with Crippen LogP contribution in [0.5, 0.6) is 0 Å². The minimum atomic E-state index is -2.75. The van der Waals surface area contributed by atoms with Gasteiger partial charge in [0.25, 0.3) is 0 Å². The standard InChI is InChI=1S/C7H14N2O2S2/c1-9(2)7-8-5-3-13(10,11)4-6(5)12-7/h5-8H,3-4H2,1-2H3/p+1/t5-,6+,7?/m0/s1. The van der Waals surface area contributed by atoms with Crippen molar-refractivity contribution < 1.29 is 13.3 Å². The Balaban J connectivity index is 2.05. The van der Waals surface area contributed by atoms with E-state index in [2.05, 4.69) is 19.4 Å². The largest absolute Gasteiger partial charge is 0.316 e. The molecule has 2 heterocycles. The van der Waals surface area contributed by atoms with Gasteiger partial charge in [-0.25, -0.2) is 8.42 Å². The van der Waals surface area contributed by atoms with Crippen LogP contribution in [-0.4, -0.2) is 50.8 Å². The zero-order valence-corrected chi connectivity index (χ0v) is 9.41. The Hall–Kier alpha value is 0.220. The van der Waals surface area contributed by atoms with Crippen molar-refractivity contribution in [2.75, 3.05) is 25.6 Å². The molecule has 0 spiro atoms. The summed E-state index contributed by atoms with van der Waals surface area (Å²) in [7, 11) is 1.42. The van der Waals surface area contributed by atoms with Crippen LogP contribution in [0.25, 0.3) is 0 Å². The fraction of sp³-hybridized carbons (Fsp3) is 1.00. The van der Waals surface area contributed by atoms with E-state index in [4.69, 9.17) is 0 Å². The molecule has 0 amide bonds. The molecule has 0 aromatic rings. The first-order valence-corrected chi connectivity index (χ1v) is 7.16. The van der Waals surface area contributed by atoms with Crippen molar-refractivity contribution in [3.8, 4) is 0 Å². The van der Waals surface area contributed by atoms with Gasteiger partial charge in [0.05, 0.1) is 25.6 Å². The topological polar surface area (TPSA) is 50.6 Å². The smallest absolute Gasteiger partial charge is 0.189 e. The predicted octanol–water partition coefficient (Wildman–Crippen LogP) is -2.08. The molecule has 2 N–H and O–H groups in total. The third kappa shape index (κ3) is 1.86. The van der Waals surface area contributed by atoms with Crippen LogP contribution in [-0.2, 0) is 9.84 Å². The van der Waals surface area contributed by atoms with Crippen LogP contribution in [0, 0.1) is 0 Å². The fourth-order valence-corrected chi connectivity index (χ4v) is 5.86. The van der Waals surface area contributed by atoms with Gasteiger partial charge in [-0.1, -0.05) is 11.8 Å². The molecule has 0 aromatic carbocycles. The van der Waals surface area contributed by atoms with Gasteiger partial charge in [0, 0.05) is 11.3 Å². The van der Waals surface area contributed by atoms with Crippen LogP contribution in [0.1, 0.15) is 0 Å². The van der Waals surface area contributed by atoms with Gasteiger partial charge >= 0.3 is 0 Å². The zero-order chi connectivity index (χ0) is 9.64. The van der Waals surface area contributed by atoms with Gasteiger partial charge < -0.3 is 4.90 Å². The van der Waals surface area contributed by atoms with E-state index in [-0.39, 0.29) is 11.3 Å². The lowest BCUT2D eigenvalue weighted by Gasteiger charge is -2.16. The Morgan fingerprint density at radius 2 is 2.08 bits per heavy atom. The average molecular weight is 223 g/mol. The van der Waals surface area contributed by atoms with Crippen molar-refractivity contribution in [1.29, 1.82) is 0 Å². The van der Waals surface area contributed by atoms with E-state index >= 15 is 0 Å². The van der Waals surface area contributed by atoms with E-state index in [1.807, 2.05) is 0 Å². The molecule has 2 saturated heterocycles. The molecule has 6 heteroatoms. The van der Waals surface area contributed by atoms with E-state index < -0.39 is 9.84 Å². The van der Waals surface area contributed by atoms with Crippen LogP contribution in [0.15, 0.2) is 0 Å². The first kappa shape index (κ1) is 9.76. The van der Waals surface area contributed by atoms with Crippen LogP contribution < -0.4 is 10.2 Å². The molecule has 2 fully saturated rings. The molecular formula is C7H15N2O2S2+. The third-order valence-electron chi connectivity index (χ3n) is 2.50. The second-order valence-electron chi connectivity index (χ2n) is 3.98. The van der Waals surface area contributed by atoms with Crippen LogP contribution in [0.3, 0.4) is 0 Å². The fourth-order valence-electron chi connectivity index (χ4n) is 1.82. The predicted molar refractivity (Wildman–Crippen MR) is 53.6 cm³/mol. The molecule has 2 aliphatic heterocycles. The Bertz CT molecular complexity index is 282. The maximum atomic E-state index is 11.3. The van der Waals surface area contributed by atoms with E-state index in [0.29, 0.717) is 17.0 Å². The number of sulfone groups is 1. The summed E-state index contributed by atoms with van der Waals surface area (Å²) in [5, 5.41) is 3.64. The highest BCUT2D eigenvalue weighted by molar-refractivity contribution is 8.02. The number of nitrogens with one attached hydrogen (secondary N) is 2. The summed E-state index contributed by atoms with van der Waals surface area (Å²) in [4.78, 5) is 1.33. The monoisotopic (exact) mass is 223 g/mol. The molecule has 0 radical (unpaired) electrons. The summed E-state index contributed by atoms with van der Waals surface area (Å²) >= 11 is 1.76. The van der Waals surface area contributed by atoms with Crippen molar-refractivity contribution in [1.82, 2.24) is 5.32 Å². The van der Waals surface area contributed by atoms with Gasteiger partial charge in [-0.15, -0.1) is 0 Å². The Morgan fingerprint density at radius 1 is 1.38 bits per heavy atom. The van der Waals surface area contributed by atoms with Gasteiger partial charge in [-0.3, -0.25) is 5.32 Å². The lowest BCUT2D eigenvalue weighted by Crippen LogP contribution is -3.11. The van der Waals surface area contributed by atoms with E-state index in [9.17, 15) is 8.42 Å². The third-order valence-corrected chi connectivity index (χ3v) is 6.17. The van der Waals surface area contributed by atoms with Gasteiger partial charge in [0.2, 0.25) is 0 Å². The molecule has 13 heavy (non-hydrogen) atoms. The van der Waals surface area contributed by atoms with Crippen molar-refractivity contribution in [3.05, 3.63) is 0 Å². The summed E-state index contributed by atoms with van der Waals surface area (Å²) in [6.07, 6.45) is 0. The summed E-state index contributed by atoms with van der Waals surface area (Å²) in [6.45, 7) is 0. The highest BCUT2D eigenvalue weighted by atomic mass is 32.2. The molecule has 2 aliphatic rings. The first-order valence-electron chi connectivity index (χ1n) is 4.40. The number of hydrogen-bond donors (Lipinski definition) is 2. The lowest BCUT2D eigenvalue weighted by molar-refractivity contribution is -0.872. The number of fused-ring (bicyclic) bond motifs is 1. The van der Waals surface area contributed by atoms with Crippen molar-refractivity contribution >= 4 is 21.6 Å². The van der Waals surface area contributed by atoms with Crippen molar-refractivity contribution in [2.45, 2.75) is 16.8 Å². The van der Waals surface area contributed by atoms with Crippen molar-refractivity contribution in [3.63, 3.8) is 0 Å². The maximum absolute atomic E-state index is 11.3. The minimum Gasteiger partial charge on any atom is -0.316 e. The van der Waals surface area contributed by atoms with E-state index in [0.717, 1.165) is 0 Å². The Morgan fingerprint density at radius 3 is 2.62 bits per heavy atom. The molecule has 0 aliphatic carbocycles. The number of hydrogen-bond acceptors (Lipinski definition) is 4. The summed E-state index contributed by atoms with van der Waals surface area (Å²) in [5.41, 5.74) is 0.366. The maximum Gasteiger partial charge on any atom is 0.189 e.